The average Bonchev–Trinajstić information content (AvgIpc) is 2.80. The van der Waals surface area contributed by atoms with Crippen molar-refractivity contribution >= 4 is 23.2 Å². The Morgan fingerprint density at radius 1 is 0.844 bits per heavy atom. The summed E-state index contributed by atoms with van der Waals surface area (Å²) in [5, 5.41) is 5.68. The van der Waals surface area contributed by atoms with Gasteiger partial charge in [0, 0.05) is 42.5 Å². The van der Waals surface area contributed by atoms with Crippen LogP contribution in [0.4, 0.5) is 11.4 Å². The van der Waals surface area contributed by atoms with E-state index in [1.807, 2.05) is 11.8 Å². The summed E-state index contributed by atoms with van der Waals surface area (Å²) < 4.78 is 21.1. The predicted molar refractivity (Wildman–Crippen MR) is 123 cm³/mol. The molecule has 0 aliphatic heterocycles. The second kappa shape index (κ2) is 12.4. The fourth-order valence-corrected chi connectivity index (χ4v) is 3.09. The molecule has 2 rings (SSSR count). The smallest absolute Gasteiger partial charge is 0.238 e. The van der Waals surface area contributed by atoms with Crippen molar-refractivity contribution < 1.29 is 28.5 Å². The largest absolute Gasteiger partial charge is 0.497 e. The number of benzene rings is 2. The van der Waals surface area contributed by atoms with Gasteiger partial charge in [-0.25, -0.2) is 0 Å². The maximum atomic E-state index is 12.5. The van der Waals surface area contributed by atoms with E-state index in [1.54, 1.807) is 43.5 Å². The van der Waals surface area contributed by atoms with E-state index in [4.69, 9.17) is 18.9 Å². The molecule has 0 saturated carbocycles. The number of hydrogen-bond acceptors (Lipinski definition) is 7. The second-order valence-corrected chi connectivity index (χ2v) is 6.86. The van der Waals surface area contributed by atoms with E-state index in [0.29, 0.717) is 47.5 Å². The van der Waals surface area contributed by atoms with Crippen LogP contribution in [0.25, 0.3) is 0 Å². The van der Waals surface area contributed by atoms with Crippen molar-refractivity contribution in [2.24, 2.45) is 0 Å². The Bertz CT molecular complexity index is 893. The van der Waals surface area contributed by atoms with Gasteiger partial charge >= 0.3 is 0 Å². The van der Waals surface area contributed by atoms with Crippen molar-refractivity contribution in [3.05, 3.63) is 36.4 Å². The van der Waals surface area contributed by atoms with E-state index in [0.717, 1.165) is 0 Å². The molecule has 174 valence electrons. The summed E-state index contributed by atoms with van der Waals surface area (Å²) in [5.74, 6) is 1.67. The van der Waals surface area contributed by atoms with Crippen LogP contribution in [0.15, 0.2) is 36.4 Å². The highest BCUT2D eigenvalue weighted by Gasteiger charge is 2.16. The van der Waals surface area contributed by atoms with Crippen molar-refractivity contribution in [2.75, 3.05) is 58.7 Å². The minimum atomic E-state index is -0.189. The third-order valence-electron chi connectivity index (χ3n) is 4.77. The third-order valence-corrected chi connectivity index (χ3v) is 4.77. The molecule has 0 atom stereocenters. The molecule has 0 fully saturated rings. The average molecular weight is 446 g/mol. The molecule has 0 radical (unpaired) electrons. The first-order valence-corrected chi connectivity index (χ1v) is 10.2. The standard InChI is InChI=1S/C23H31N3O6/c1-6-26(15-22(28)24-16-8-7-9-18(12-16)29-2)11-10-21(27)25-17-13-19(30-3)23(32-5)20(14-17)31-4/h7-9,12-14H,6,10-11,15H2,1-5H3,(H,24,28)(H,25,27). The monoisotopic (exact) mass is 445 g/mol. The Labute approximate surface area is 188 Å². The minimum Gasteiger partial charge on any atom is -0.497 e. The third kappa shape index (κ3) is 7.05. The number of anilines is 2. The number of nitrogens with one attached hydrogen (secondary N) is 2. The van der Waals surface area contributed by atoms with Crippen LogP contribution in [0.3, 0.4) is 0 Å². The fourth-order valence-electron chi connectivity index (χ4n) is 3.09. The SMILES string of the molecule is CCN(CCC(=O)Nc1cc(OC)c(OC)c(OC)c1)CC(=O)Nc1cccc(OC)c1. The van der Waals surface area contributed by atoms with Gasteiger partial charge in [-0.3, -0.25) is 14.5 Å². The van der Waals surface area contributed by atoms with Gasteiger partial charge in [-0.15, -0.1) is 0 Å². The van der Waals surface area contributed by atoms with E-state index in [-0.39, 0.29) is 24.8 Å². The minimum absolute atomic E-state index is 0.162. The van der Waals surface area contributed by atoms with Gasteiger partial charge < -0.3 is 29.6 Å². The zero-order valence-electron chi connectivity index (χ0n) is 19.2. The number of ether oxygens (including phenoxy) is 4. The topological polar surface area (TPSA) is 98.4 Å². The number of carbonyl (C=O) groups is 2. The summed E-state index contributed by atoms with van der Waals surface area (Å²) in [5.41, 5.74) is 1.19. The predicted octanol–water partition coefficient (Wildman–Crippen LogP) is 3.01. The summed E-state index contributed by atoms with van der Waals surface area (Å²) in [7, 11) is 6.11. The quantitative estimate of drug-likeness (QED) is 0.518. The first-order valence-electron chi connectivity index (χ1n) is 10.2. The molecule has 9 nitrogen and oxygen atoms in total. The van der Waals surface area contributed by atoms with Gasteiger partial charge in [0.05, 0.1) is 35.0 Å². The van der Waals surface area contributed by atoms with E-state index in [1.165, 1.54) is 21.3 Å². The highest BCUT2D eigenvalue weighted by molar-refractivity contribution is 5.93. The fraction of sp³-hybridized carbons (Fsp3) is 0.391. The zero-order chi connectivity index (χ0) is 23.5. The molecule has 0 saturated heterocycles. The number of nitrogens with zero attached hydrogens (tertiary/aromatic N) is 1. The van der Waals surface area contributed by atoms with Gasteiger partial charge in [0.2, 0.25) is 17.6 Å². The van der Waals surface area contributed by atoms with Gasteiger partial charge in [-0.2, -0.15) is 0 Å². The van der Waals surface area contributed by atoms with Crippen molar-refractivity contribution in [3.8, 4) is 23.0 Å². The molecule has 2 aromatic rings. The number of rotatable bonds is 12. The van der Waals surface area contributed by atoms with Gasteiger partial charge in [0.15, 0.2) is 11.5 Å². The summed E-state index contributed by atoms with van der Waals surface area (Å²) in [6.07, 6.45) is 0.219. The lowest BCUT2D eigenvalue weighted by molar-refractivity contribution is -0.119. The summed E-state index contributed by atoms with van der Waals surface area (Å²) >= 11 is 0. The first-order chi connectivity index (χ1) is 15.4. The van der Waals surface area contributed by atoms with Crippen LogP contribution in [-0.4, -0.2) is 64.8 Å². The lowest BCUT2D eigenvalue weighted by Crippen LogP contribution is -2.35. The summed E-state index contributed by atoms with van der Waals surface area (Å²) in [6, 6.07) is 10.5. The van der Waals surface area contributed by atoms with Crippen LogP contribution in [0.2, 0.25) is 0 Å². The molecule has 9 heteroatoms. The highest BCUT2D eigenvalue weighted by atomic mass is 16.5. The van der Waals surface area contributed by atoms with E-state index in [2.05, 4.69) is 10.6 Å². The van der Waals surface area contributed by atoms with Crippen LogP contribution in [0, 0.1) is 0 Å². The Morgan fingerprint density at radius 2 is 1.50 bits per heavy atom. The van der Waals surface area contributed by atoms with Crippen LogP contribution >= 0.6 is 0 Å². The van der Waals surface area contributed by atoms with Gasteiger partial charge in [-0.05, 0) is 18.7 Å². The van der Waals surface area contributed by atoms with Crippen LogP contribution < -0.4 is 29.6 Å². The maximum Gasteiger partial charge on any atom is 0.238 e. The molecule has 0 spiro atoms. The van der Waals surface area contributed by atoms with Gasteiger partial charge in [0.25, 0.3) is 0 Å². The summed E-state index contributed by atoms with van der Waals surface area (Å²) in [6.45, 7) is 3.17. The van der Waals surface area contributed by atoms with Crippen molar-refractivity contribution in [1.82, 2.24) is 4.90 Å². The maximum absolute atomic E-state index is 12.5. The van der Waals surface area contributed by atoms with E-state index >= 15 is 0 Å². The molecule has 0 aliphatic rings. The molecule has 0 aromatic heterocycles. The molecular formula is C23H31N3O6. The number of carbonyl (C=O) groups excluding carboxylic acids is 2. The number of methoxy groups -OCH3 is 4. The Balaban J connectivity index is 1.91. The van der Waals surface area contributed by atoms with Gasteiger partial charge in [0.1, 0.15) is 5.75 Å². The second-order valence-electron chi connectivity index (χ2n) is 6.86. The van der Waals surface area contributed by atoms with Crippen LogP contribution in [0.1, 0.15) is 13.3 Å². The summed E-state index contributed by atoms with van der Waals surface area (Å²) in [4.78, 5) is 26.7. The molecule has 2 amide bonds. The number of amides is 2. The Kier molecular flexibility index (Phi) is 9.62. The van der Waals surface area contributed by atoms with Gasteiger partial charge in [-0.1, -0.05) is 13.0 Å². The molecular weight excluding hydrogens is 414 g/mol. The van der Waals surface area contributed by atoms with Crippen LogP contribution in [-0.2, 0) is 9.59 Å². The lowest BCUT2D eigenvalue weighted by atomic mass is 10.2. The normalized spacial score (nSPS) is 10.4. The lowest BCUT2D eigenvalue weighted by Gasteiger charge is -2.20. The first kappa shape index (κ1) is 24.8. The number of likely N-dealkylation sites (N-methyl/N-ethyl adjacent to an activating group) is 1. The van der Waals surface area contributed by atoms with Crippen molar-refractivity contribution in [3.63, 3.8) is 0 Å². The van der Waals surface area contributed by atoms with E-state index < -0.39 is 0 Å². The molecule has 2 aromatic carbocycles. The Hall–Kier alpha value is -3.46. The zero-order valence-corrected chi connectivity index (χ0v) is 19.2. The van der Waals surface area contributed by atoms with Crippen molar-refractivity contribution in [1.29, 1.82) is 0 Å². The molecule has 2 N–H and O–H groups in total. The molecule has 32 heavy (non-hydrogen) atoms. The number of hydrogen-bond donors (Lipinski definition) is 2. The van der Waals surface area contributed by atoms with Crippen LogP contribution in [0.5, 0.6) is 23.0 Å². The molecule has 0 unspecified atom stereocenters. The highest BCUT2D eigenvalue weighted by Crippen LogP contribution is 2.39. The molecule has 0 aliphatic carbocycles. The molecule has 0 heterocycles. The van der Waals surface area contributed by atoms with Crippen molar-refractivity contribution in [2.45, 2.75) is 13.3 Å². The Morgan fingerprint density at radius 3 is 2.06 bits per heavy atom. The molecule has 0 bridgehead atoms. The van der Waals surface area contributed by atoms with E-state index in [9.17, 15) is 9.59 Å².